The number of carbonyl (C=O) groups is 1. The van der Waals surface area contributed by atoms with Crippen molar-refractivity contribution in [3.8, 4) is 0 Å². The molecule has 0 atom stereocenters. The van der Waals surface area contributed by atoms with E-state index >= 15 is 0 Å². The third-order valence-electron chi connectivity index (χ3n) is 3.33. The maximum absolute atomic E-state index is 11.9. The van der Waals surface area contributed by atoms with E-state index in [0.29, 0.717) is 12.2 Å². The number of hydrogen-bond donors (Lipinski definition) is 1. The number of fused-ring (bicyclic) bond motifs is 1. The zero-order valence-electron chi connectivity index (χ0n) is 12.1. The Labute approximate surface area is 119 Å². The molecule has 2 aromatic rings. The summed E-state index contributed by atoms with van der Waals surface area (Å²) in [4.78, 5) is 19.9. The molecule has 1 aromatic carbocycles. The van der Waals surface area contributed by atoms with Crippen LogP contribution in [-0.4, -0.2) is 43.0 Å². The second-order valence-electron chi connectivity index (χ2n) is 4.88. The Morgan fingerprint density at radius 1 is 1.30 bits per heavy atom. The molecule has 0 saturated carbocycles. The van der Waals surface area contributed by atoms with Crippen molar-refractivity contribution < 1.29 is 4.79 Å². The van der Waals surface area contributed by atoms with Crippen LogP contribution >= 0.6 is 0 Å². The second kappa shape index (κ2) is 5.77. The number of pyridine rings is 1. The summed E-state index contributed by atoms with van der Waals surface area (Å²) in [6, 6.07) is 7.65. The highest BCUT2D eigenvalue weighted by Crippen LogP contribution is 2.28. The molecule has 0 fully saturated rings. The summed E-state index contributed by atoms with van der Waals surface area (Å²) in [6.07, 6.45) is 1.73. The van der Waals surface area contributed by atoms with Gasteiger partial charge in [-0.25, -0.2) is 0 Å². The summed E-state index contributed by atoms with van der Waals surface area (Å²) >= 11 is 0. The average molecular weight is 272 g/mol. The van der Waals surface area contributed by atoms with E-state index in [1.165, 1.54) is 0 Å². The zero-order chi connectivity index (χ0) is 14.7. The Kier molecular flexibility index (Phi) is 4.08. The van der Waals surface area contributed by atoms with E-state index < -0.39 is 0 Å². The van der Waals surface area contributed by atoms with E-state index in [0.717, 1.165) is 23.1 Å². The van der Waals surface area contributed by atoms with Crippen LogP contribution in [-0.2, 0) is 4.79 Å². The minimum Gasteiger partial charge on any atom is -0.397 e. The number of likely N-dealkylation sites (N-methyl/N-ethyl adjacent to an activating group) is 2. The Bertz CT molecular complexity index is 624. The van der Waals surface area contributed by atoms with Gasteiger partial charge in [-0.3, -0.25) is 9.78 Å². The molecular formula is C15H20N4O. The Hall–Kier alpha value is -2.30. The van der Waals surface area contributed by atoms with E-state index in [1.807, 2.05) is 36.1 Å². The van der Waals surface area contributed by atoms with Crippen LogP contribution in [0.5, 0.6) is 0 Å². The first-order valence-electron chi connectivity index (χ1n) is 6.63. The highest BCUT2D eigenvalue weighted by molar-refractivity contribution is 5.99. The lowest BCUT2D eigenvalue weighted by atomic mass is 10.1. The summed E-state index contributed by atoms with van der Waals surface area (Å²) in [7, 11) is 3.53. The van der Waals surface area contributed by atoms with E-state index in [-0.39, 0.29) is 5.91 Å². The summed E-state index contributed by atoms with van der Waals surface area (Å²) < 4.78 is 0. The molecule has 0 radical (unpaired) electrons. The molecule has 1 amide bonds. The van der Waals surface area contributed by atoms with Gasteiger partial charge in [0.15, 0.2) is 0 Å². The number of carbonyl (C=O) groups excluding carboxylic acids is 1. The Morgan fingerprint density at radius 3 is 2.70 bits per heavy atom. The van der Waals surface area contributed by atoms with Crippen molar-refractivity contribution in [2.75, 3.05) is 37.8 Å². The number of anilines is 2. The molecule has 0 aliphatic carbocycles. The van der Waals surface area contributed by atoms with Crippen molar-refractivity contribution in [1.82, 2.24) is 9.88 Å². The van der Waals surface area contributed by atoms with Gasteiger partial charge in [0.25, 0.3) is 0 Å². The smallest absolute Gasteiger partial charge is 0.241 e. The second-order valence-corrected chi connectivity index (χ2v) is 4.88. The lowest BCUT2D eigenvalue weighted by molar-refractivity contribution is -0.127. The lowest BCUT2D eigenvalue weighted by Gasteiger charge is -2.25. The average Bonchev–Trinajstić information content (AvgIpc) is 2.44. The summed E-state index contributed by atoms with van der Waals surface area (Å²) in [6.45, 7) is 3.12. The molecule has 5 nitrogen and oxygen atoms in total. The quantitative estimate of drug-likeness (QED) is 0.861. The van der Waals surface area contributed by atoms with Gasteiger partial charge in [0, 0.05) is 37.9 Å². The van der Waals surface area contributed by atoms with Gasteiger partial charge in [0.2, 0.25) is 5.91 Å². The van der Waals surface area contributed by atoms with Crippen molar-refractivity contribution in [3.63, 3.8) is 0 Å². The van der Waals surface area contributed by atoms with Gasteiger partial charge in [-0.1, -0.05) is 12.1 Å². The molecule has 1 heterocycles. The number of nitrogens with zero attached hydrogens (tertiary/aromatic N) is 3. The zero-order valence-corrected chi connectivity index (χ0v) is 12.1. The molecule has 0 spiro atoms. The summed E-state index contributed by atoms with van der Waals surface area (Å²) in [5.74, 6) is 0.0701. The van der Waals surface area contributed by atoms with Gasteiger partial charge >= 0.3 is 0 Å². The maximum atomic E-state index is 11.9. The number of benzene rings is 1. The van der Waals surface area contributed by atoms with Crippen molar-refractivity contribution in [2.45, 2.75) is 6.92 Å². The van der Waals surface area contributed by atoms with Gasteiger partial charge in [-0.2, -0.15) is 0 Å². The number of nitrogen functional groups attached to an aromatic ring is 1. The van der Waals surface area contributed by atoms with Crippen LogP contribution in [0.15, 0.2) is 30.5 Å². The number of amides is 1. The summed E-state index contributed by atoms with van der Waals surface area (Å²) in [5.41, 5.74) is 8.38. The molecular weight excluding hydrogens is 252 g/mol. The standard InChI is InChI=1S/C15H20N4O/c1-4-19(10-14(20)18(2)3)13-8-9-17-15-11(13)6-5-7-12(15)16/h5-9H,4,10,16H2,1-3H3. The molecule has 5 heteroatoms. The third-order valence-corrected chi connectivity index (χ3v) is 3.33. The van der Waals surface area contributed by atoms with Crippen molar-refractivity contribution in [1.29, 1.82) is 0 Å². The minimum absolute atomic E-state index is 0.0701. The van der Waals surface area contributed by atoms with Gasteiger partial charge in [-0.15, -0.1) is 0 Å². The van der Waals surface area contributed by atoms with Crippen LogP contribution in [0.25, 0.3) is 10.9 Å². The highest BCUT2D eigenvalue weighted by Gasteiger charge is 2.14. The van der Waals surface area contributed by atoms with E-state index in [1.54, 1.807) is 25.2 Å². The van der Waals surface area contributed by atoms with Crippen molar-refractivity contribution >= 4 is 28.2 Å². The molecule has 20 heavy (non-hydrogen) atoms. The molecule has 0 aliphatic heterocycles. The van der Waals surface area contributed by atoms with Crippen LogP contribution < -0.4 is 10.6 Å². The molecule has 0 bridgehead atoms. The normalized spacial score (nSPS) is 10.6. The van der Waals surface area contributed by atoms with E-state index in [4.69, 9.17) is 5.73 Å². The van der Waals surface area contributed by atoms with Crippen LogP contribution in [0, 0.1) is 0 Å². The first-order chi connectivity index (χ1) is 9.54. The number of aromatic nitrogens is 1. The van der Waals surface area contributed by atoms with Crippen molar-refractivity contribution in [3.05, 3.63) is 30.5 Å². The van der Waals surface area contributed by atoms with Crippen LogP contribution in [0.3, 0.4) is 0 Å². The van der Waals surface area contributed by atoms with Gasteiger partial charge in [-0.05, 0) is 19.1 Å². The molecule has 2 rings (SSSR count). The molecule has 2 N–H and O–H groups in total. The summed E-state index contributed by atoms with van der Waals surface area (Å²) in [5, 5.41) is 0.973. The predicted molar refractivity (Wildman–Crippen MR) is 82.7 cm³/mol. The monoisotopic (exact) mass is 272 g/mol. The predicted octanol–water partition coefficient (Wildman–Crippen LogP) is 1.73. The largest absolute Gasteiger partial charge is 0.397 e. The topological polar surface area (TPSA) is 62.5 Å². The van der Waals surface area contributed by atoms with Crippen LogP contribution in [0.2, 0.25) is 0 Å². The molecule has 0 saturated heterocycles. The fourth-order valence-electron chi connectivity index (χ4n) is 2.13. The number of hydrogen-bond acceptors (Lipinski definition) is 4. The third kappa shape index (κ3) is 2.66. The lowest BCUT2D eigenvalue weighted by Crippen LogP contribution is -2.36. The maximum Gasteiger partial charge on any atom is 0.241 e. The SMILES string of the molecule is CCN(CC(=O)N(C)C)c1ccnc2c(N)cccc12. The number of para-hydroxylation sites is 1. The number of nitrogens with two attached hydrogens (primary N) is 1. The first kappa shape index (κ1) is 14.1. The Morgan fingerprint density at radius 2 is 2.05 bits per heavy atom. The first-order valence-corrected chi connectivity index (χ1v) is 6.63. The van der Waals surface area contributed by atoms with E-state index in [9.17, 15) is 4.79 Å². The van der Waals surface area contributed by atoms with Gasteiger partial charge in [0.1, 0.15) is 0 Å². The number of rotatable bonds is 4. The molecule has 0 unspecified atom stereocenters. The van der Waals surface area contributed by atoms with Crippen molar-refractivity contribution in [2.24, 2.45) is 0 Å². The Balaban J connectivity index is 2.45. The highest BCUT2D eigenvalue weighted by atomic mass is 16.2. The van der Waals surface area contributed by atoms with Gasteiger partial charge in [0.05, 0.1) is 17.7 Å². The fraction of sp³-hybridized carbons (Fsp3) is 0.333. The minimum atomic E-state index is 0.0701. The molecule has 1 aromatic heterocycles. The molecule has 0 aliphatic rings. The molecule has 106 valence electrons. The van der Waals surface area contributed by atoms with Gasteiger partial charge < -0.3 is 15.5 Å². The fourth-order valence-corrected chi connectivity index (χ4v) is 2.13. The van der Waals surface area contributed by atoms with Crippen LogP contribution in [0.1, 0.15) is 6.92 Å². The van der Waals surface area contributed by atoms with Crippen LogP contribution in [0.4, 0.5) is 11.4 Å². The van der Waals surface area contributed by atoms with E-state index in [2.05, 4.69) is 4.98 Å².